The number of piperidine rings is 2. The van der Waals surface area contributed by atoms with Crippen LogP contribution in [0.25, 0.3) is 21.5 Å². The van der Waals surface area contributed by atoms with Crippen LogP contribution in [0, 0.1) is 11.8 Å². The number of phenols is 1. The molecular weight excluding hydrogens is 665 g/mol. The van der Waals surface area contributed by atoms with Crippen molar-refractivity contribution < 1.29 is 28.9 Å². The molecule has 8 nitrogen and oxygen atoms in total. The SMILES string of the molecule is CCOC(=O)C1CCN(Cc2c(O)ccc3ccccc23)CC1.CCOC(=O)C1CCN(Cc2c(OCc3ccccc3)ccc3ccccc23)CC1. The van der Waals surface area contributed by atoms with Crippen molar-refractivity contribution in [3.63, 3.8) is 0 Å². The third kappa shape index (κ3) is 9.95. The maximum Gasteiger partial charge on any atom is 0.309 e. The fourth-order valence-corrected chi connectivity index (χ4v) is 7.46. The van der Waals surface area contributed by atoms with Gasteiger partial charge in [-0.25, -0.2) is 0 Å². The second-order valence-corrected chi connectivity index (χ2v) is 13.9. The van der Waals surface area contributed by atoms with E-state index < -0.39 is 0 Å². The molecule has 8 heteroatoms. The number of carbonyl (C=O) groups excluding carboxylic acids is 2. The molecule has 0 amide bonds. The first-order valence-corrected chi connectivity index (χ1v) is 19.1. The molecule has 0 spiro atoms. The van der Waals surface area contributed by atoms with Crippen molar-refractivity contribution in [2.75, 3.05) is 39.4 Å². The van der Waals surface area contributed by atoms with Gasteiger partial charge in [-0.2, -0.15) is 0 Å². The summed E-state index contributed by atoms with van der Waals surface area (Å²) in [7, 11) is 0. The first-order chi connectivity index (χ1) is 25.9. The van der Waals surface area contributed by atoms with E-state index in [9.17, 15) is 14.7 Å². The van der Waals surface area contributed by atoms with Crippen LogP contribution in [0.4, 0.5) is 0 Å². The summed E-state index contributed by atoms with van der Waals surface area (Å²) in [5, 5.41) is 14.9. The molecule has 7 rings (SSSR count). The lowest BCUT2D eigenvalue weighted by Gasteiger charge is -2.31. The van der Waals surface area contributed by atoms with Gasteiger partial charge in [0.2, 0.25) is 0 Å². The number of phenolic OH excluding ortho intramolecular Hbond substituents is 1. The number of nitrogens with zero attached hydrogens (tertiary/aromatic N) is 2. The van der Waals surface area contributed by atoms with Crippen LogP contribution in [0.2, 0.25) is 0 Å². The number of rotatable bonds is 11. The van der Waals surface area contributed by atoms with E-state index in [0.29, 0.717) is 32.1 Å². The molecule has 0 aliphatic carbocycles. The maximum absolute atomic E-state index is 12.1. The van der Waals surface area contributed by atoms with Gasteiger partial charge in [0.1, 0.15) is 18.1 Å². The first kappa shape index (κ1) is 37.8. The Bertz CT molecular complexity index is 1950. The number of likely N-dealkylation sites (tertiary alicyclic amines) is 2. The van der Waals surface area contributed by atoms with E-state index in [0.717, 1.165) is 86.1 Å². The average Bonchev–Trinajstić information content (AvgIpc) is 3.20. The molecule has 2 aliphatic heterocycles. The number of aromatic hydroxyl groups is 1. The van der Waals surface area contributed by atoms with E-state index in [1.165, 1.54) is 16.3 Å². The highest BCUT2D eigenvalue weighted by Gasteiger charge is 2.28. The molecule has 0 unspecified atom stereocenters. The Morgan fingerprint density at radius 1 is 0.604 bits per heavy atom. The molecule has 278 valence electrons. The van der Waals surface area contributed by atoms with E-state index in [4.69, 9.17) is 14.2 Å². The van der Waals surface area contributed by atoms with Crippen molar-refractivity contribution in [2.24, 2.45) is 11.8 Å². The van der Waals surface area contributed by atoms with Crippen LogP contribution in [-0.4, -0.2) is 66.2 Å². The molecule has 53 heavy (non-hydrogen) atoms. The van der Waals surface area contributed by atoms with Crippen molar-refractivity contribution in [2.45, 2.75) is 59.2 Å². The smallest absolute Gasteiger partial charge is 0.309 e. The average molecular weight is 717 g/mol. The number of esters is 2. The van der Waals surface area contributed by atoms with Crippen LogP contribution < -0.4 is 4.74 Å². The Labute approximate surface area is 313 Å². The summed E-state index contributed by atoms with van der Waals surface area (Å²) in [6.45, 7) is 10.2. The molecule has 2 heterocycles. The van der Waals surface area contributed by atoms with Crippen LogP contribution >= 0.6 is 0 Å². The summed E-state index contributed by atoms with van der Waals surface area (Å²) in [5.41, 5.74) is 3.35. The van der Waals surface area contributed by atoms with Gasteiger partial charge >= 0.3 is 11.9 Å². The molecule has 2 saturated heterocycles. The highest BCUT2D eigenvalue weighted by molar-refractivity contribution is 5.88. The predicted octanol–water partition coefficient (Wildman–Crippen LogP) is 8.51. The highest BCUT2D eigenvalue weighted by Crippen LogP contribution is 2.32. The zero-order valence-corrected chi connectivity index (χ0v) is 31.0. The Balaban J connectivity index is 0.000000188. The second kappa shape index (κ2) is 18.7. The molecule has 0 atom stereocenters. The molecule has 0 bridgehead atoms. The minimum atomic E-state index is -0.0693. The molecule has 1 N–H and O–H groups in total. The molecule has 5 aromatic rings. The van der Waals surface area contributed by atoms with Crippen LogP contribution in [0.1, 0.15) is 56.2 Å². The zero-order chi connectivity index (χ0) is 37.0. The van der Waals surface area contributed by atoms with Gasteiger partial charge in [0.25, 0.3) is 0 Å². The molecule has 0 radical (unpaired) electrons. The summed E-state index contributed by atoms with van der Waals surface area (Å²) in [6.07, 6.45) is 3.35. The molecule has 2 fully saturated rings. The van der Waals surface area contributed by atoms with Crippen molar-refractivity contribution >= 4 is 33.5 Å². The van der Waals surface area contributed by atoms with E-state index >= 15 is 0 Å². The molecular formula is C45H52N2O6. The zero-order valence-electron chi connectivity index (χ0n) is 31.0. The summed E-state index contributed by atoms with van der Waals surface area (Å²) >= 11 is 0. The highest BCUT2D eigenvalue weighted by atomic mass is 16.5. The molecule has 0 aromatic heterocycles. The fourth-order valence-electron chi connectivity index (χ4n) is 7.46. The second-order valence-electron chi connectivity index (χ2n) is 13.9. The number of hydrogen-bond acceptors (Lipinski definition) is 8. The summed E-state index contributed by atoms with van der Waals surface area (Å²) < 4.78 is 16.6. The summed E-state index contributed by atoms with van der Waals surface area (Å²) in [4.78, 5) is 28.6. The van der Waals surface area contributed by atoms with E-state index in [2.05, 4.69) is 70.5 Å². The number of hydrogen-bond donors (Lipinski definition) is 1. The largest absolute Gasteiger partial charge is 0.508 e. The summed E-state index contributed by atoms with van der Waals surface area (Å²) in [6, 6.07) is 34.8. The van der Waals surface area contributed by atoms with Crippen molar-refractivity contribution in [1.82, 2.24) is 9.80 Å². The van der Waals surface area contributed by atoms with Gasteiger partial charge in [-0.15, -0.1) is 0 Å². The number of benzene rings is 5. The Morgan fingerprint density at radius 3 is 1.62 bits per heavy atom. The van der Waals surface area contributed by atoms with Crippen molar-refractivity contribution in [1.29, 1.82) is 0 Å². The van der Waals surface area contributed by atoms with Crippen LogP contribution in [-0.2, 0) is 38.8 Å². The molecule has 5 aromatic carbocycles. The van der Waals surface area contributed by atoms with Gasteiger partial charge in [-0.1, -0.05) is 91.0 Å². The van der Waals surface area contributed by atoms with Crippen molar-refractivity contribution in [3.8, 4) is 11.5 Å². The third-order valence-electron chi connectivity index (χ3n) is 10.4. The molecule has 0 saturated carbocycles. The van der Waals surface area contributed by atoms with Gasteiger partial charge in [0, 0.05) is 24.2 Å². The fraction of sp³-hybridized carbons (Fsp3) is 0.378. The van der Waals surface area contributed by atoms with Gasteiger partial charge in [-0.3, -0.25) is 19.4 Å². The van der Waals surface area contributed by atoms with Gasteiger partial charge in [0.05, 0.1) is 25.0 Å². The minimum absolute atomic E-state index is 0.0207. The van der Waals surface area contributed by atoms with Crippen molar-refractivity contribution in [3.05, 3.63) is 120 Å². The van der Waals surface area contributed by atoms with Gasteiger partial charge in [0.15, 0.2) is 0 Å². The maximum atomic E-state index is 12.1. The van der Waals surface area contributed by atoms with E-state index in [1.807, 2.05) is 50.2 Å². The normalized spacial score (nSPS) is 15.8. The Kier molecular flexibility index (Phi) is 13.4. The monoisotopic (exact) mass is 716 g/mol. The minimum Gasteiger partial charge on any atom is -0.508 e. The lowest BCUT2D eigenvalue weighted by molar-refractivity contribution is -0.150. The van der Waals surface area contributed by atoms with Crippen LogP contribution in [0.15, 0.2) is 103 Å². The predicted molar refractivity (Wildman–Crippen MR) is 210 cm³/mol. The lowest BCUT2D eigenvalue weighted by Crippen LogP contribution is -2.36. The topological polar surface area (TPSA) is 88.5 Å². The van der Waals surface area contributed by atoms with Gasteiger partial charge in [-0.05, 0) is 105 Å². The van der Waals surface area contributed by atoms with E-state index in [-0.39, 0.29) is 23.8 Å². The number of carbonyl (C=O) groups is 2. The Morgan fingerprint density at radius 2 is 1.08 bits per heavy atom. The number of fused-ring (bicyclic) bond motifs is 2. The summed E-state index contributed by atoms with van der Waals surface area (Å²) in [5.74, 6) is 1.21. The van der Waals surface area contributed by atoms with E-state index in [1.54, 1.807) is 6.07 Å². The quantitative estimate of drug-likeness (QED) is 0.136. The third-order valence-corrected chi connectivity index (χ3v) is 10.4. The molecule has 2 aliphatic rings. The Hall–Kier alpha value is -4.92. The lowest BCUT2D eigenvalue weighted by atomic mass is 9.96. The standard InChI is InChI=1S/C26H29NO3.C19H23NO3/c1-2-29-26(28)22-14-16-27(17-15-22)18-24-23-11-7-6-10-21(23)12-13-25(24)30-19-20-8-4-3-5-9-20;1-2-23-19(22)15-9-11-20(12-10-15)13-17-16-6-4-3-5-14(16)7-8-18(17)21/h3-13,22H,2,14-19H2,1H3;3-8,15,21H,2,9-13H2,1H3. The van der Waals surface area contributed by atoms with Crippen LogP contribution in [0.5, 0.6) is 11.5 Å². The number of ether oxygens (including phenoxy) is 3. The van der Waals surface area contributed by atoms with Gasteiger partial charge < -0.3 is 19.3 Å². The van der Waals surface area contributed by atoms with Crippen LogP contribution in [0.3, 0.4) is 0 Å². The first-order valence-electron chi connectivity index (χ1n) is 19.1.